The molecular formula is C75H74BF28N. The molecule has 0 saturated heterocycles. The van der Waals surface area contributed by atoms with Crippen molar-refractivity contribution in [2.45, 2.75) is 206 Å². The predicted octanol–water partition coefficient (Wildman–Crippen LogP) is 22.8. The summed E-state index contributed by atoms with van der Waals surface area (Å²) in [7, 11) is 2.42. The van der Waals surface area contributed by atoms with Gasteiger partial charge in [0.2, 0.25) is 0 Å². The topological polar surface area (TPSA) is 4.44 Å². The molecule has 1 N–H and O–H groups in total. The van der Waals surface area contributed by atoms with Crippen molar-refractivity contribution in [2.75, 3.05) is 20.1 Å². The molecule has 0 spiro atoms. The van der Waals surface area contributed by atoms with Crippen molar-refractivity contribution in [3.8, 4) is 0 Å². The van der Waals surface area contributed by atoms with Crippen LogP contribution in [0.25, 0.3) is 43.1 Å². The van der Waals surface area contributed by atoms with Crippen LogP contribution in [-0.4, -0.2) is 26.3 Å². The van der Waals surface area contributed by atoms with E-state index in [9.17, 15) is 17.6 Å². The lowest BCUT2D eigenvalue weighted by Crippen LogP contribution is -3.09. The molecule has 0 amide bonds. The second kappa shape index (κ2) is 37.6. The number of hydrogen-bond acceptors (Lipinski definition) is 0. The fourth-order valence-corrected chi connectivity index (χ4v) is 14.3. The van der Waals surface area contributed by atoms with Gasteiger partial charge in [-0.05, 0) is 47.2 Å². The Hall–Kier alpha value is -7.14. The molecule has 0 bridgehead atoms. The van der Waals surface area contributed by atoms with Crippen LogP contribution in [0.5, 0.6) is 0 Å². The van der Waals surface area contributed by atoms with Gasteiger partial charge in [-0.1, -0.05) is 181 Å². The Morgan fingerprint density at radius 2 is 0.286 bits per heavy atom. The van der Waals surface area contributed by atoms with Gasteiger partial charge in [0.25, 0.3) is 0 Å². The van der Waals surface area contributed by atoms with Gasteiger partial charge in [0.15, 0.2) is 140 Å². The molecular weight excluding hydrogens is 1460 g/mol. The zero-order valence-electron chi connectivity index (χ0n) is 57.3. The van der Waals surface area contributed by atoms with E-state index >= 15 is 105 Å². The second-order valence-electron chi connectivity index (χ2n) is 26.7. The molecule has 0 heterocycles. The van der Waals surface area contributed by atoms with Crippen molar-refractivity contribution in [3.63, 3.8) is 0 Å². The number of nitrogens with one attached hydrogen (secondary N) is 1. The molecule has 8 aromatic carbocycles. The fraction of sp³-hybridized carbons (Fsp3) is 0.467. The number of rotatable bonds is 36. The van der Waals surface area contributed by atoms with Crippen LogP contribution in [0.4, 0.5) is 123 Å². The first-order chi connectivity index (χ1) is 49.8. The average Bonchev–Trinajstić information content (AvgIpc) is 0.662. The maximum Gasteiger partial charge on any atom is 0.198 e. The van der Waals surface area contributed by atoms with Crippen molar-refractivity contribution >= 4 is 71.1 Å². The average molecular weight is 1530 g/mol. The molecule has 0 aliphatic heterocycles. The summed E-state index contributed by atoms with van der Waals surface area (Å²) in [6, 6.07) is 0. The van der Waals surface area contributed by atoms with Gasteiger partial charge in [-0.3, -0.25) is 0 Å². The van der Waals surface area contributed by atoms with Crippen molar-refractivity contribution < 1.29 is 128 Å². The Kier molecular flexibility index (Phi) is 30.5. The predicted molar refractivity (Wildman–Crippen MR) is 345 cm³/mol. The van der Waals surface area contributed by atoms with Crippen LogP contribution in [-0.2, 0) is 0 Å². The van der Waals surface area contributed by atoms with Crippen LogP contribution >= 0.6 is 0 Å². The summed E-state index contributed by atoms with van der Waals surface area (Å²) in [5.74, 6) is -104. The molecule has 105 heavy (non-hydrogen) atoms. The third-order valence-corrected chi connectivity index (χ3v) is 19.7. The normalized spacial score (nSPS) is 12.4. The first-order valence-corrected chi connectivity index (χ1v) is 35.1. The molecule has 8 aromatic rings. The minimum atomic E-state index is -8.05. The van der Waals surface area contributed by atoms with Crippen molar-refractivity contribution in [1.29, 1.82) is 0 Å². The van der Waals surface area contributed by atoms with Gasteiger partial charge in [0, 0.05) is 0 Å². The molecule has 0 saturated carbocycles. The Morgan fingerprint density at radius 3 is 0.438 bits per heavy atom. The van der Waals surface area contributed by atoms with Gasteiger partial charge in [-0.2, -0.15) is 0 Å². The van der Waals surface area contributed by atoms with Crippen LogP contribution in [0.3, 0.4) is 0 Å². The molecule has 0 aliphatic rings. The molecule has 0 fully saturated rings. The summed E-state index contributed by atoms with van der Waals surface area (Å²) < 4.78 is 446. The number of fused-ring (bicyclic) bond motifs is 4. The highest BCUT2D eigenvalue weighted by Gasteiger charge is 2.52. The summed E-state index contributed by atoms with van der Waals surface area (Å²) in [5, 5.41) is -27.0. The highest BCUT2D eigenvalue weighted by Crippen LogP contribution is 2.42. The quantitative estimate of drug-likeness (QED) is 0.0131. The zero-order chi connectivity index (χ0) is 77.8. The molecule has 8 rings (SSSR count). The Morgan fingerprint density at radius 1 is 0.162 bits per heavy atom. The summed E-state index contributed by atoms with van der Waals surface area (Å²) in [4.78, 5) is 1.78. The van der Waals surface area contributed by atoms with Crippen molar-refractivity contribution in [3.05, 3.63) is 163 Å². The first kappa shape index (κ1) is 85.1. The van der Waals surface area contributed by atoms with Gasteiger partial charge in [0.05, 0.1) is 41.7 Å². The lowest BCUT2D eigenvalue weighted by molar-refractivity contribution is -0.880. The molecule has 0 radical (unpaired) electrons. The molecule has 1 unspecified atom stereocenters. The van der Waals surface area contributed by atoms with Gasteiger partial charge in [-0.25, -0.2) is 123 Å². The van der Waals surface area contributed by atoms with Crippen LogP contribution in [0.1, 0.15) is 206 Å². The Balaban J connectivity index is 0.000000363. The number of benzene rings is 8. The van der Waals surface area contributed by atoms with E-state index in [4.69, 9.17) is 0 Å². The second-order valence-corrected chi connectivity index (χ2v) is 26.7. The summed E-state index contributed by atoms with van der Waals surface area (Å²) in [6.07, 6.45) is 36.0. The summed E-state index contributed by atoms with van der Waals surface area (Å²) in [6.45, 7) is 7.41. The van der Waals surface area contributed by atoms with E-state index in [0.717, 1.165) is 0 Å². The smallest absolute Gasteiger partial charge is 0.198 e. The molecule has 0 aliphatic carbocycles. The van der Waals surface area contributed by atoms with Gasteiger partial charge in [-0.15, -0.1) is 21.9 Å². The van der Waals surface area contributed by atoms with E-state index in [1.807, 2.05) is 0 Å². The maximum atomic E-state index is 17.3. The van der Waals surface area contributed by atoms with E-state index in [1.54, 1.807) is 4.90 Å². The number of halogens is 28. The fourth-order valence-electron chi connectivity index (χ4n) is 14.3. The van der Waals surface area contributed by atoms with Crippen LogP contribution in [0.15, 0.2) is 0 Å². The van der Waals surface area contributed by atoms with Gasteiger partial charge < -0.3 is 4.90 Å². The van der Waals surface area contributed by atoms with E-state index < -0.39 is 234 Å². The van der Waals surface area contributed by atoms with Crippen LogP contribution in [0, 0.1) is 163 Å². The monoisotopic (exact) mass is 1530 g/mol. The molecule has 1 atom stereocenters. The molecule has 578 valence electrons. The lowest BCUT2D eigenvalue weighted by atomic mass is 9.11. The van der Waals surface area contributed by atoms with Crippen molar-refractivity contribution in [2.24, 2.45) is 0 Å². The maximum absolute atomic E-state index is 17.3. The minimum Gasteiger partial charge on any atom is -0.337 e. The van der Waals surface area contributed by atoms with Crippen molar-refractivity contribution in [1.82, 2.24) is 0 Å². The Labute approximate surface area is 586 Å². The number of quaternary nitrogens is 1. The van der Waals surface area contributed by atoms with Crippen LogP contribution < -0.4 is 26.8 Å². The van der Waals surface area contributed by atoms with E-state index in [0.29, 0.717) is 0 Å². The van der Waals surface area contributed by atoms with Gasteiger partial charge >= 0.3 is 0 Å². The largest absolute Gasteiger partial charge is 0.337 e. The third kappa shape index (κ3) is 16.9. The highest BCUT2D eigenvalue weighted by molar-refractivity contribution is 7.23. The van der Waals surface area contributed by atoms with E-state index in [1.165, 1.54) is 206 Å². The van der Waals surface area contributed by atoms with Crippen LogP contribution in [0.2, 0.25) is 0 Å². The number of unbranched alkanes of at least 4 members (excludes halogenated alkanes) is 28. The summed E-state index contributed by atoms with van der Waals surface area (Å²) in [5.41, 5.74) is -15.5. The van der Waals surface area contributed by atoms with E-state index in [2.05, 4.69) is 20.9 Å². The van der Waals surface area contributed by atoms with Gasteiger partial charge in [0.1, 0.15) is 29.4 Å². The SMILES string of the molecule is CCCCCCCCCCCCCCCCCC[NH+](C)CCCCCCCCCCCCCCCC.Fc1c(F)c(F)c2c([B-](c3c(F)c(F)c(F)c4c(F)c(F)c(F)c(F)c34)(c3c(F)c(F)c(F)c4c(F)c(F)c(F)c(F)c34)c3c(F)c(F)c(F)c4c(F)c(F)c(F)c(F)c34)c(F)c(F)c(F)c2c1F. The lowest BCUT2D eigenvalue weighted by Gasteiger charge is -2.47. The highest BCUT2D eigenvalue weighted by atomic mass is 19.2. The Bertz CT molecular complexity index is 3940. The standard InChI is InChI=1S/C40BF28.C35H73N/c42-13-1-5(21(50)37(66)33(13)62)17(46)29(58)25(54)9(1)41(10-2-6(18(47)30(59)26(10)55)22(51)38(67)34(63)14(2)43,11-3-7(19(48)31(60)27(11)56)23(52)39(68)35(64)15(3)44)12-4-8(20(49)32(61)28(12)57)24(53)40(69)36(65)16(4)45;1-4-6-8-10-12-14-16-18-20-21-23-25-27-29-31-33-35-36(3)34-32-30-28-26-24-22-19-17-15-13-11-9-7-5-2/h;4-35H2,1-3H3/q-1;/p+1. The van der Waals surface area contributed by atoms with E-state index in [-0.39, 0.29) is 0 Å². The minimum absolute atomic E-state index is 1.37. The third-order valence-electron chi connectivity index (χ3n) is 19.7. The first-order valence-electron chi connectivity index (χ1n) is 35.1. The number of hydrogen-bond donors (Lipinski definition) is 1. The molecule has 1 nitrogen and oxygen atoms in total. The summed E-state index contributed by atoms with van der Waals surface area (Å²) >= 11 is 0. The molecule has 0 aromatic heterocycles. The zero-order valence-corrected chi connectivity index (χ0v) is 57.3. The molecule has 30 heteroatoms.